The summed E-state index contributed by atoms with van der Waals surface area (Å²) >= 11 is 6.25. The number of hydrogen-bond donors (Lipinski definition) is 2. The standard InChI is InChI=1S/C24H28ClNO3/c1-24(2,14-17-8-10-19(28-3)11-9-17)26-15-18(27)16-29-23-13-12-22(25)20-6-4-5-7-21(20)23/h4-13,18,26-27H,14-16H2,1-3H3. The van der Waals surface area contributed by atoms with Gasteiger partial charge in [0.25, 0.3) is 0 Å². The third-order valence-corrected chi connectivity index (χ3v) is 5.21. The summed E-state index contributed by atoms with van der Waals surface area (Å²) in [6, 6.07) is 19.5. The van der Waals surface area contributed by atoms with E-state index in [2.05, 4.69) is 31.3 Å². The maximum atomic E-state index is 10.4. The van der Waals surface area contributed by atoms with Crippen LogP contribution in [0, 0.1) is 0 Å². The van der Waals surface area contributed by atoms with Crippen LogP contribution in [0.4, 0.5) is 0 Å². The van der Waals surface area contributed by atoms with E-state index in [4.69, 9.17) is 21.1 Å². The lowest BCUT2D eigenvalue weighted by atomic mass is 9.94. The number of halogens is 1. The Bertz CT molecular complexity index is 941. The van der Waals surface area contributed by atoms with E-state index in [1.807, 2.05) is 48.5 Å². The van der Waals surface area contributed by atoms with Crippen molar-refractivity contribution < 1.29 is 14.6 Å². The molecular formula is C24H28ClNO3. The lowest BCUT2D eigenvalue weighted by molar-refractivity contribution is 0.0996. The number of hydrogen-bond acceptors (Lipinski definition) is 4. The van der Waals surface area contributed by atoms with Crippen molar-refractivity contribution in [3.63, 3.8) is 0 Å². The molecule has 0 aliphatic heterocycles. The molecule has 0 heterocycles. The Kier molecular flexibility index (Phi) is 7.01. The summed E-state index contributed by atoms with van der Waals surface area (Å²) in [5.74, 6) is 1.57. The lowest BCUT2D eigenvalue weighted by Crippen LogP contribution is -2.46. The first-order valence-corrected chi connectivity index (χ1v) is 10.1. The topological polar surface area (TPSA) is 50.7 Å². The molecule has 0 aromatic heterocycles. The van der Waals surface area contributed by atoms with Crippen molar-refractivity contribution in [3.8, 4) is 11.5 Å². The van der Waals surface area contributed by atoms with Crippen LogP contribution in [-0.2, 0) is 6.42 Å². The van der Waals surface area contributed by atoms with Gasteiger partial charge in [0.05, 0.1) is 7.11 Å². The van der Waals surface area contributed by atoms with Crippen LogP contribution >= 0.6 is 11.6 Å². The van der Waals surface area contributed by atoms with Crippen molar-refractivity contribution in [2.24, 2.45) is 0 Å². The molecule has 0 saturated carbocycles. The Labute approximate surface area is 177 Å². The second-order valence-corrected chi connectivity index (χ2v) is 8.25. The van der Waals surface area contributed by atoms with Gasteiger partial charge in [-0.3, -0.25) is 0 Å². The zero-order valence-corrected chi connectivity index (χ0v) is 17.9. The SMILES string of the molecule is COc1ccc(CC(C)(C)NCC(O)COc2ccc(Cl)c3ccccc23)cc1. The van der Waals surface area contributed by atoms with Crippen LogP contribution in [0.3, 0.4) is 0 Å². The first-order valence-electron chi connectivity index (χ1n) is 9.74. The number of rotatable bonds is 9. The Balaban J connectivity index is 1.53. The quantitative estimate of drug-likeness (QED) is 0.526. The highest BCUT2D eigenvalue weighted by molar-refractivity contribution is 6.35. The summed E-state index contributed by atoms with van der Waals surface area (Å²) < 4.78 is 11.1. The fraction of sp³-hybridized carbons (Fsp3) is 0.333. The summed E-state index contributed by atoms with van der Waals surface area (Å²) in [5, 5.41) is 16.4. The highest BCUT2D eigenvalue weighted by Gasteiger charge is 2.19. The number of β-amino-alcohol motifs (C(OH)–C–C–N with tert-alkyl or cyclic N) is 1. The molecule has 0 spiro atoms. The molecule has 0 saturated heterocycles. The maximum absolute atomic E-state index is 10.4. The summed E-state index contributed by atoms with van der Waals surface area (Å²) in [6.07, 6.45) is 0.214. The molecule has 2 N–H and O–H groups in total. The van der Waals surface area contributed by atoms with Gasteiger partial charge in [0.15, 0.2) is 0 Å². The third-order valence-electron chi connectivity index (χ3n) is 4.88. The second kappa shape index (κ2) is 9.49. The molecule has 29 heavy (non-hydrogen) atoms. The van der Waals surface area contributed by atoms with Crippen molar-refractivity contribution in [2.45, 2.75) is 31.9 Å². The van der Waals surface area contributed by atoms with Gasteiger partial charge in [0.2, 0.25) is 0 Å². The minimum absolute atomic E-state index is 0.164. The molecule has 4 nitrogen and oxygen atoms in total. The molecule has 154 valence electrons. The summed E-state index contributed by atoms with van der Waals surface area (Å²) in [7, 11) is 1.66. The number of fused-ring (bicyclic) bond motifs is 1. The number of aliphatic hydroxyl groups excluding tert-OH is 1. The predicted molar refractivity (Wildman–Crippen MR) is 119 cm³/mol. The predicted octanol–water partition coefficient (Wildman–Crippen LogP) is 4.85. The van der Waals surface area contributed by atoms with Crippen molar-refractivity contribution in [1.29, 1.82) is 0 Å². The fourth-order valence-corrected chi connectivity index (χ4v) is 3.54. The number of nitrogens with one attached hydrogen (secondary N) is 1. The van der Waals surface area contributed by atoms with Gasteiger partial charge in [-0.1, -0.05) is 48.0 Å². The van der Waals surface area contributed by atoms with Crippen molar-refractivity contribution in [1.82, 2.24) is 5.32 Å². The van der Waals surface area contributed by atoms with E-state index in [9.17, 15) is 5.11 Å². The van der Waals surface area contributed by atoms with E-state index in [1.54, 1.807) is 7.11 Å². The van der Waals surface area contributed by atoms with Gasteiger partial charge < -0.3 is 19.9 Å². The number of benzene rings is 3. The van der Waals surface area contributed by atoms with Gasteiger partial charge in [-0.05, 0) is 50.1 Å². The number of aliphatic hydroxyl groups is 1. The largest absolute Gasteiger partial charge is 0.497 e. The fourth-order valence-electron chi connectivity index (χ4n) is 3.32. The van der Waals surface area contributed by atoms with Gasteiger partial charge in [-0.15, -0.1) is 0 Å². The average molecular weight is 414 g/mol. The molecule has 3 aromatic carbocycles. The number of ether oxygens (including phenoxy) is 2. The summed E-state index contributed by atoms with van der Waals surface area (Å²) in [5.41, 5.74) is 1.05. The van der Waals surface area contributed by atoms with Gasteiger partial charge >= 0.3 is 0 Å². The molecule has 0 radical (unpaired) electrons. The molecule has 3 rings (SSSR count). The van der Waals surface area contributed by atoms with Crippen molar-refractivity contribution in [3.05, 3.63) is 71.2 Å². The Morgan fingerprint density at radius 1 is 1.00 bits per heavy atom. The second-order valence-electron chi connectivity index (χ2n) is 7.85. The molecule has 0 fully saturated rings. The lowest BCUT2D eigenvalue weighted by Gasteiger charge is -2.28. The normalized spacial score (nSPS) is 12.7. The minimum Gasteiger partial charge on any atom is -0.497 e. The summed E-state index contributed by atoms with van der Waals surface area (Å²) in [4.78, 5) is 0. The van der Waals surface area contributed by atoms with Crippen LogP contribution < -0.4 is 14.8 Å². The molecular weight excluding hydrogens is 386 g/mol. The van der Waals surface area contributed by atoms with Crippen LogP contribution in [0.25, 0.3) is 10.8 Å². The van der Waals surface area contributed by atoms with Gasteiger partial charge in [-0.2, -0.15) is 0 Å². The minimum atomic E-state index is -0.625. The van der Waals surface area contributed by atoms with Gasteiger partial charge in [0.1, 0.15) is 24.2 Å². The Hall–Kier alpha value is -2.27. The van der Waals surface area contributed by atoms with E-state index in [0.29, 0.717) is 11.6 Å². The molecule has 1 atom stereocenters. The van der Waals surface area contributed by atoms with Gasteiger partial charge in [0, 0.05) is 27.9 Å². The molecule has 3 aromatic rings. The van der Waals surface area contributed by atoms with Crippen molar-refractivity contribution in [2.75, 3.05) is 20.3 Å². The Morgan fingerprint density at radius 3 is 2.38 bits per heavy atom. The maximum Gasteiger partial charge on any atom is 0.127 e. The van der Waals surface area contributed by atoms with E-state index >= 15 is 0 Å². The average Bonchev–Trinajstić information content (AvgIpc) is 2.72. The first-order chi connectivity index (χ1) is 13.9. The van der Waals surface area contributed by atoms with Gasteiger partial charge in [-0.25, -0.2) is 0 Å². The monoisotopic (exact) mass is 413 g/mol. The molecule has 0 bridgehead atoms. The molecule has 0 aliphatic carbocycles. The first kappa shape index (κ1) is 21.4. The van der Waals surface area contributed by atoms with Crippen LogP contribution in [-0.4, -0.2) is 37.0 Å². The van der Waals surface area contributed by atoms with Crippen LogP contribution in [0.2, 0.25) is 5.02 Å². The zero-order chi connectivity index (χ0) is 20.9. The molecule has 5 heteroatoms. The van der Waals surface area contributed by atoms with E-state index in [1.165, 1.54) is 5.56 Å². The van der Waals surface area contributed by atoms with E-state index in [-0.39, 0.29) is 12.1 Å². The van der Waals surface area contributed by atoms with Crippen LogP contribution in [0.1, 0.15) is 19.4 Å². The van der Waals surface area contributed by atoms with Crippen LogP contribution in [0.5, 0.6) is 11.5 Å². The van der Waals surface area contributed by atoms with E-state index < -0.39 is 6.10 Å². The smallest absolute Gasteiger partial charge is 0.127 e. The van der Waals surface area contributed by atoms with Crippen LogP contribution in [0.15, 0.2) is 60.7 Å². The highest BCUT2D eigenvalue weighted by Crippen LogP contribution is 2.31. The Morgan fingerprint density at radius 2 is 1.69 bits per heavy atom. The highest BCUT2D eigenvalue weighted by atomic mass is 35.5. The molecule has 1 unspecified atom stereocenters. The van der Waals surface area contributed by atoms with E-state index in [0.717, 1.165) is 28.7 Å². The molecule has 0 amide bonds. The zero-order valence-electron chi connectivity index (χ0n) is 17.1. The summed E-state index contributed by atoms with van der Waals surface area (Å²) in [6.45, 7) is 4.89. The van der Waals surface area contributed by atoms with Crippen molar-refractivity contribution >= 4 is 22.4 Å². The molecule has 0 aliphatic rings. The number of methoxy groups -OCH3 is 1. The third kappa shape index (κ3) is 5.86.